The first kappa shape index (κ1) is 14.7. The summed E-state index contributed by atoms with van der Waals surface area (Å²) in [6, 6.07) is 4.82. The Morgan fingerprint density at radius 2 is 2.30 bits per heavy atom. The van der Waals surface area contributed by atoms with Crippen molar-refractivity contribution in [3.05, 3.63) is 23.8 Å². The lowest BCUT2D eigenvalue weighted by molar-refractivity contribution is 0.0721. The molecule has 1 amide bonds. The highest BCUT2D eigenvalue weighted by Gasteiger charge is 2.30. The number of aliphatic hydroxyl groups is 1. The smallest absolute Gasteiger partial charge is 0.257 e. The molecule has 0 spiro atoms. The minimum Gasteiger partial charge on any atom is -0.507 e. The van der Waals surface area contributed by atoms with Gasteiger partial charge in [0, 0.05) is 19.2 Å². The average Bonchev–Trinajstić information content (AvgIpc) is 2.93. The summed E-state index contributed by atoms with van der Waals surface area (Å²) in [6.45, 7) is 0.842. The van der Waals surface area contributed by atoms with E-state index in [-0.39, 0.29) is 29.9 Å². The molecule has 0 bridgehead atoms. The van der Waals surface area contributed by atoms with Gasteiger partial charge >= 0.3 is 0 Å². The molecule has 20 heavy (non-hydrogen) atoms. The monoisotopic (exact) mass is 279 g/mol. The van der Waals surface area contributed by atoms with Crippen LogP contribution in [-0.4, -0.2) is 47.3 Å². The summed E-state index contributed by atoms with van der Waals surface area (Å²) in [5, 5.41) is 18.8. The molecule has 0 aliphatic carbocycles. The van der Waals surface area contributed by atoms with Gasteiger partial charge in [0.25, 0.3) is 5.91 Å². The number of nitrogens with zero attached hydrogens (tertiary/aromatic N) is 1. The zero-order valence-corrected chi connectivity index (χ0v) is 11.7. The van der Waals surface area contributed by atoms with Crippen LogP contribution >= 0.6 is 0 Å². The van der Waals surface area contributed by atoms with E-state index in [4.69, 9.17) is 9.84 Å². The first-order valence-corrected chi connectivity index (χ1v) is 6.96. The number of phenolic OH excluding ortho intramolecular Hbond substituents is 1. The van der Waals surface area contributed by atoms with Crippen LogP contribution in [0.2, 0.25) is 0 Å². The van der Waals surface area contributed by atoms with Crippen LogP contribution in [0.5, 0.6) is 11.5 Å². The van der Waals surface area contributed by atoms with Gasteiger partial charge in [-0.15, -0.1) is 0 Å². The Balaban J connectivity index is 2.17. The van der Waals surface area contributed by atoms with Crippen molar-refractivity contribution in [1.29, 1.82) is 0 Å². The summed E-state index contributed by atoms with van der Waals surface area (Å²) in [7, 11) is 1.53. The van der Waals surface area contributed by atoms with Gasteiger partial charge in [0.15, 0.2) is 0 Å². The fraction of sp³-hybridized carbons (Fsp3) is 0.533. The van der Waals surface area contributed by atoms with E-state index in [0.717, 1.165) is 19.3 Å². The standard InChI is InChI=1S/C15H21NO4/c1-20-12-6-7-14(18)13(10-12)15(19)16-8-2-4-11(16)5-3-9-17/h6-7,10-11,17-18H,2-5,8-9H2,1H3. The Morgan fingerprint density at radius 1 is 1.50 bits per heavy atom. The van der Waals surface area contributed by atoms with Crippen molar-refractivity contribution < 1.29 is 19.7 Å². The minimum atomic E-state index is -0.165. The second-order valence-electron chi connectivity index (χ2n) is 5.04. The largest absolute Gasteiger partial charge is 0.507 e. The highest BCUT2D eigenvalue weighted by molar-refractivity contribution is 5.97. The maximum absolute atomic E-state index is 12.6. The van der Waals surface area contributed by atoms with E-state index in [1.807, 2.05) is 0 Å². The molecule has 1 aromatic carbocycles. The molecule has 1 aliphatic rings. The maximum atomic E-state index is 12.6. The number of hydrogen-bond acceptors (Lipinski definition) is 4. The molecule has 1 unspecified atom stereocenters. The first-order chi connectivity index (χ1) is 9.67. The van der Waals surface area contributed by atoms with Crippen LogP contribution in [-0.2, 0) is 0 Å². The molecular formula is C15H21NO4. The third kappa shape index (κ3) is 3.04. The Kier molecular flexibility index (Phi) is 4.84. The number of aromatic hydroxyl groups is 1. The van der Waals surface area contributed by atoms with Crippen LogP contribution in [0.1, 0.15) is 36.0 Å². The van der Waals surface area contributed by atoms with Crippen LogP contribution in [0.3, 0.4) is 0 Å². The molecular weight excluding hydrogens is 258 g/mol. The number of phenols is 1. The molecule has 0 radical (unpaired) electrons. The van der Waals surface area contributed by atoms with Crippen molar-refractivity contribution in [3.8, 4) is 11.5 Å². The Labute approximate surface area is 118 Å². The van der Waals surface area contributed by atoms with E-state index in [0.29, 0.717) is 18.7 Å². The van der Waals surface area contributed by atoms with Gasteiger partial charge < -0.3 is 19.8 Å². The lowest BCUT2D eigenvalue weighted by Crippen LogP contribution is -2.35. The van der Waals surface area contributed by atoms with Crippen LogP contribution in [0.25, 0.3) is 0 Å². The zero-order valence-electron chi connectivity index (χ0n) is 11.7. The highest BCUT2D eigenvalue weighted by atomic mass is 16.5. The molecule has 1 atom stereocenters. The summed E-state index contributed by atoms with van der Waals surface area (Å²) in [6.07, 6.45) is 3.41. The predicted octanol–water partition coefficient (Wildman–Crippen LogP) is 1.78. The molecule has 110 valence electrons. The van der Waals surface area contributed by atoms with Crippen molar-refractivity contribution in [2.45, 2.75) is 31.7 Å². The number of ether oxygens (including phenoxy) is 1. The number of likely N-dealkylation sites (tertiary alicyclic amines) is 1. The fourth-order valence-corrected chi connectivity index (χ4v) is 2.70. The number of carbonyl (C=O) groups excluding carboxylic acids is 1. The number of hydrogen-bond donors (Lipinski definition) is 2. The molecule has 1 heterocycles. The summed E-state index contributed by atoms with van der Waals surface area (Å²) >= 11 is 0. The topological polar surface area (TPSA) is 70.0 Å². The van der Waals surface area contributed by atoms with Crippen LogP contribution < -0.4 is 4.74 Å². The molecule has 2 rings (SSSR count). The number of amides is 1. The van der Waals surface area contributed by atoms with Crippen molar-refractivity contribution in [3.63, 3.8) is 0 Å². The summed E-state index contributed by atoms with van der Waals surface area (Å²) in [5.74, 6) is 0.364. The van der Waals surface area contributed by atoms with Crippen LogP contribution in [0, 0.1) is 0 Å². The van der Waals surface area contributed by atoms with Crippen LogP contribution in [0.4, 0.5) is 0 Å². The number of rotatable bonds is 5. The lowest BCUT2D eigenvalue weighted by Gasteiger charge is -2.25. The zero-order chi connectivity index (χ0) is 14.5. The normalized spacial score (nSPS) is 18.3. The molecule has 0 saturated carbocycles. The van der Waals surface area contributed by atoms with Crippen molar-refractivity contribution in [2.75, 3.05) is 20.3 Å². The number of methoxy groups -OCH3 is 1. The predicted molar refractivity (Wildman–Crippen MR) is 75.0 cm³/mol. The molecule has 1 aliphatic heterocycles. The van der Waals surface area contributed by atoms with Gasteiger partial charge in [-0.1, -0.05) is 0 Å². The second kappa shape index (κ2) is 6.61. The van der Waals surface area contributed by atoms with E-state index < -0.39 is 0 Å². The van der Waals surface area contributed by atoms with Crippen molar-refractivity contribution in [2.24, 2.45) is 0 Å². The van der Waals surface area contributed by atoms with Crippen LogP contribution in [0.15, 0.2) is 18.2 Å². The van der Waals surface area contributed by atoms with Gasteiger partial charge in [-0.2, -0.15) is 0 Å². The average molecular weight is 279 g/mol. The molecule has 1 saturated heterocycles. The van der Waals surface area contributed by atoms with E-state index >= 15 is 0 Å². The van der Waals surface area contributed by atoms with E-state index in [1.165, 1.54) is 13.2 Å². The Bertz CT molecular complexity index is 475. The molecule has 1 fully saturated rings. The molecule has 5 heteroatoms. The Morgan fingerprint density at radius 3 is 3.00 bits per heavy atom. The SMILES string of the molecule is COc1ccc(O)c(C(=O)N2CCCC2CCCO)c1. The van der Waals surface area contributed by atoms with Gasteiger partial charge in [-0.05, 0) is 43.9 Å². The highest BCUT2D eigenvalue weighted by Crippen LogP contribution is 2.28. The van der Waals surface area contributed by atoms with Gasteiger partial charge in [-0.25, -0.2) is 0 Å². The molecule has 1 aromatic rings. The second-order valence-corrected chi connectivity index (χ2v) is 5.04. The summed E-state index contributed by atoms with van der Waals surface area (Å²) in [4.78, 5) is 14.4. The van der Waals surface area contributed by atoms with E-state index in [2.05, 4.69) is 0 Å². The first-order valence-electron chi connectivity index (χ1n) is 6.96. The van der Waals surface area contributed by atoms with Gasteiger partial charge in [0.05, 0.1) is 12.7 Å². The van der Waals surface area contributed by atoms with Gasteiger partial charge in [0.1, 0.15) is 11.5 Å². The van der Waals surface area contributed by atoms with Crippen molar-refractivity contribution >= 4 is 5.91 Å². The molecule has 0 aromatic heterocycles. The third-order valence-electron chi connectivity index (χ3n) is 3.77. The maximum Gasteiger partial charge on any atom is 0.257 e. The van der Waals surface area contributed by atoms with Gasteiger partial charge in [-0.3, -0.25) is 4.79 Å². The quantitative estimate of drug-likeness (QED) is 0.862. The fourth-order valence-electron chi connectivity index (χ4n) is 2.70. The summed E-state index contributed by atoms with van der Waals surface area (Å²) < 4.78 is 5.10. The third-order valence-corrected chi connectivity index (χ3v) is 3.77. The lowest BCUT2D eigenvalue weighted by atomic mass is 10.1. The number of carbonyl (C=O) groups is 1. The number of benzene rings is 1. The number of aliphatic hydroxyl groups excluding tert-OH is 1. The molecule has 2 N–H and O–H groups in total. The molecule has 5 nitrogen and oxygen atoms in total. The van der Waals surface area contributed by atoms with E-state index in [9.17, 15) is 9.90 Å². The summed E-state index contributed by atoms with van der Waals surface area (Å²) in [5.41, 5.74) is 0.278. The van der Waals surface area contributed by atoms with Crippen molar-refractivity contribution in [1.82, 2.24) is 4.90 Å². The Hall–Kier alpha value is -1.75. The van der Waals surface area contributed by atoms with Gasteiger partial charge in [0.2, 0.25) is 0 Å². The minimum absolute atomic E-state index is 0.0244. The van der Waals surface area contributed by atoms with E-state index in [1.54, 1.807) is 17.0 Å².